The van der Waals surface area contributed by atoms with Crippen molar-refractivity contribution in [3.63, 3.8) is 0 Å². The Morgan fingerprint density at radius 1 is 1.07 bits per heavy atom. The highest BCUT2D eigenvalue weighted by Gasteiger charge is 2.41. The first-order chi connectivity index (χ1) is 13.0. The average Bonchev–Trinajstić information content (AvgIpc) is 2.98. The normalized spacial score (nSPS) is 22.2. The summed E-state index contributed by atoms with van der Waals surface area (Å²) in [5.74, 6) is 0.429. The van der Waals surface area contributed by atoms with Gasteiger partial charge < -0.3 is 10.2 Å². The number of benzene rings is 1. The number of fused-ring (bicyclic) bond motifs is 1. The molecule has 2 aliphatic rings. The van der Waals surface area contributed by atoms with E-state index >= 15 is 0 Å². The van der Waals surface area contributed by atoms with E-state index in [-0.39, 0.29) is 42.1 Å². The first kappa shape index (κ1) is 23.7. The fraction of sp³-hybridized carbons (Fsp3) is 0.478. The Balaban J connectivity index is 0.00000150. The van der Waals surface area contributed by atoms with E-state index in [1.165, 1.54) is 5.56 Å². The molecule has 1 aromatic carbocycles. The van der Waals surface area contributed by atoms with Crippen molar-refractivity contribution in [2.75, 3.05) is 11.4 Å². The molecular formula is C23H31Cl2N3O. The van der Waals surface area contributed by atoms with Crippen molar-refractivity contribution >= 4 is 36.4 Å². The van der Waals surface area contributed by atoms with Gasteiger partial charge in [-0.3, -0.25) is 9.78 Å². The number of hydrogen-bond acceptors (Lipinski definition) is 3. The number of carbonyl (C=O) groups excluding carboxylic acids is 1. The van der Waals surface area contributed by atoms with Gasteiger partial charge in [0.1, 0.15) is 0 Å². The van der Waals surface area contributed by atoms with Crippen LogP contribution < -0.4 is 10.2 Å². The van der Waals surface area contributed by atoms with Crippen LogP contribution in [0, 0.1) is 5.92 Å². The minimum Gasteiger partial charge on any atom is -0.310 e. The van der Waals surface area contributed by atoms with E-state index in [1.54, 1.807) is 0 Å². The maximum atomic E-state index is 13.2. The van der Waals surface area contributed by atoms with E-state index in [0.29, 0.717) is 6.04 Å². The quantitative estimate of drug-likeness (QED) is 0.742. The van der Waals surface area contributed by atoms with Crippen molar-refractivity contribution in [3.05, 3.63) is 59.9 Å². The number of nitrogens with one attached hydrogen (secondary N) is 1. The molecule has 4 nitrogen and oxygen atoms in total. The third-order valence-corrected chi connectivity index (χ3v) is 6.05. The van der Waals surface area contributed by atoms with E-state index in [2.05, 4.69) is 48.4 Å². The van der Waals surface area contributed by atoms with Crippen LogP contribution in [0.5, 0.6) is 0 Å². The van der Waals surface area contributed by atoms with E-state index in [4.69, 9.17) is 0 Å². The van der Waals surface area contributed by atoms with Gasteiger partial charge in [-0.15, -0.1) is 24.8 Å². The molecule has 158 valence electrons. The van der Waals surface area contributed by atoms with E-state index in [0.717, 1.165) is 50.2 Å². The molecule has 1 aliphatic carbocycles. The van der Waals surface area contributed by atoms with E-state index in [9.17, 15) is 4.79 Å². The van der Waals surface area contributed by atoms with E-state index < -0.39 is 0 Å². The number of anilines is 1. The van der Waals surface area contributed by atoms with Crippen molar-refractivity contribution in [3.8, 4) is 0 Å². The lowest BCUT2D eigenvalue weighted by Gasteiger charge is -2.31. The van der Waals surface area contributed by atoms with Crippen LogP contribution in [0.15, 0.2) is 48.7 Å². The molecular weight excluding hydrogens is 405 g/mol. The van der Waals surface area contributed by atoms with Crippen LogP contribution >= 0.6 is 24.8 Å². The van der Waals surface area contributed by atoms with Gasteiger partial charge in [-0.2, -0.15) is 0 Å². The molecule has 1 fully saturated rings. The van der Waals surface area contributed by atoms with Crippen LogP contribution in [0.25, 0.3) is 0 Å². The molecule has 0 radical (unpaired) electrons. The van der Waals surface area contributed by atoms with Gasteiger partial charge in [-0.1, -0.05) is 44.2 Å². The fourth-order valence-electron chi connectivity index (χ4n) is 4.51. The smallest absolute Gasteiger partial charge is 0.230 e. The largest absolute Gasteiger partial charge is 0.310 e. The summed E-state index contributed by atoms with van der Waals surface area (Å²) in [5, 5.41) is 3.66. The Kier molecular flexibility index (Phi) is 8.10. The highest BCUT2D eigenvalue weighted by atomic mass is 35.5. The number of halogens is 2. The second-order valence-electron chi connectivity index (χ2n) is 8.59. The third-order valence-electron chi connectivity index (χ3n) is 6.05. The summed E-state index contributed by atoms with van der Waals surface area (Å²) in [5.41, 5.74) is 3.31. The van der Waals surface area contributed by atoms with Crippen LogP contribution in [0.3, 0.4) is 0 Å². The number of pyridine rings is 1. The molecule has 0 saturated heterocycles. The number of aromatic nitrogens is 1. The zero-order chi connectivity index (χ0) is 18.9. The van der Waals surface area contributed by atoms with Crippen LogP contribution in [-0.2, 0) is 16.8 Å². The minimum absolute atomic E-state index is 0. The number of rotatable bonds is 4. The summed E-state index contributed by atoms with van der Waals surface area (Å²) in [6.07, 6.45) is 5.91. The molecule has 1 aliphatic heterocycles. The van der Waals surface area contributed by atoms with E-state index in [1.807, 2.05) is 29.3 Å². The molecule has 2 heterocycles. The molecule has 0 atom stereocenters. The Labute approximate surface area is 186 Å². The van der Waals surface area contributed by atoms with Gasteiger partial charge in [0.15, 0.2) is 0 Å². The molecule has 6 heteroatoms. The van der Waals surface area contributed by atoms with Crippen molar-refractivity contribution in [1.29, 1.82) is 0 Å². The minimum atomic E-state index is -0.0688. The highest BCUT2D eigenvalue weighted by molar-refractivity contribution is 5.97. The number of amides is 1. The number of nitrogens with zero attached hydrogens (tertiary/aromatic N) is 2. The number of carbonyl (C=O) groups is 1. The average molecular weight is 436 g/mol. The number of hydrogen-bond donors (Lipinski definition) is 1. The molecule has 29 heavy (non-hydrogen) atoms. The van der Waals surface area contributed by atoms with Gasteiger partial charge in [0.05, 0.1) is 11.4 Å². The van der Waals surface area contributed by atoms with Gasteiger partial charge in [0.2, 0.25) is 5.91 Å². The Morgan fingerprint density at radius 2 is 1.76 bits per heavy atom. The second-order valence-corrected chi connectivity index (χ2v) is 8.59. The molecule has 1 N–H and O–H groups in total. The molecule has 1 amide bonds. The zero-order valence-corrected chi connectivity index (χ0v) is 18.8. The SMILES string of the molecule is CC1(C)CN(C(=O)[C@H]2CC[C@H](NCc3ccccc3)CC2)c2cccnc21.Cl.Cl. The molecule has 0 bridgehead atoms. The summed E-state index contributed by atoms with van der Waals surface area (Å²) in [7, 11) is 0. The van der Waals surface area contributed by atoms with Crippen LogP contribution in [-0.4, -0.2) is 23.5 Å². The molecule has 4 rings (SSSR count). The molecule has 0 unspecified atom stereocenters. The standard InChI is InChI=1S/C23H29N3O.2ClH/c1-23(2)16-26(20-9-6-14-24-21(20)23)22(27)18-10-12-19(13-11-18)25-15-17-7-4-3-5-8-17;;/h3-9,14,18-19,25H,10-13,15-16H2,1-2H3;2*1H/t18-,19-;;. The summed E-state index contributed by atoms with van der Waals surface area (Å²) in [4.78, 5) is 19.8. The van der Waals surface area contributed by atoms with Crippen molar-refractivity contribution in [2.24, 2.45) is 5.92 Å². The topological polar surface area (TPSA) is 45.2 Å². The van der Waals surface area contributed by atoms with Crippen LogP contribution in [0.1, 0.15) is 50.8 Å². The fourth-order valence-corrected chi connectivity index (χ4v) is 4.51. The van der Waals surface area contributed by atoms with Crippen LogP contribution in [0.2, 0.25) is 0 Å². The predicted molar refractivity (Wildman–Crippen MR) is 123 cm³/mol. The summed E-state index contributed by atoms with van der Waals surface area (Å²) >= 11 is 0. The van der Waals surface area contributed by atoms with Gasteiger partial charge in [-0.05, 0) is 43.4 Å². The zero-order valence-electron chi connectivity index (χ0n) is 17.1. The Bertz CT molecular complexity index is 805. The summed E-state index contributed by atoms with van der Waals surface area (Å²) in [6, 6.07) is 15.0. The maximum Gasteiger partial charge on any atom is 0.230 e. The van der Waals surface area contributed by atoms with Crippen LogP contribution in [0.4, 0.5) is 5.69 Å². The van der Waals surface area contributed by atoms with Gasteiger partial charge >= 0.3 is 0 Å². The summed E-state index contributed by atoms with van der Waals surface area (Å²) in [6.45, 7) is 6.00. The van der Waals surface area contributed by atoms with Crippen molar-refractivity contribution in [1.82, 2.24) is 10.3 Å². The van der Waals surface area contributed by atoms with Gasteiger partial charge in [-0.25, -0.2) is 0 Å². The van der Waals surface area contributed by atoms with Gasteiger partial charge in [0.25, 0.3) is 0 Å². The monoisotopic (exact) mass is 435 g/mol. The predicted octanol–water partition coefficient (Wildman–Crippen LogP) is 4.90. The highest BCUT2D eigenvalue weighted by Crippen LogP contribution is 2.40. The van der Waals surface area contributed by atoms with Crippen molar-refractivity contribution in [2.45, 2.75) is 57.5 Å². The molecule has 0 spiro atoms. The lowest BCUT2D eigenvalue weighted by molar-refractivity contribution is -0.123. The van der Waals surface area contributed by atoms with Crippen molar-refractivity contribution < 1.29 is 4.79 Å². The van der Waals surface area contributed by atoms with Gasteiger partial charge in [0, 0.05) is 36.7 Å². The first-order valence-corrected chi connectivity index (χ1v) is 10.1. The lowest BCUT2D eigenvalue weighted by Crippen LogP contribution is -2.41. The maximum absolute atomic E-state index is 13.2. The Hall–Kier alpha value is -1.62. The first-order valence-electron chi connectivity index (χ1n) is 10.1. The third kappa shape index (κ3) is 5.11. The lowest BCUT2D eigenvalue weighted by atomic mass is 9.85. The Morgan fingerprint density at radius 3 is 2.45 bits per heavy atom. The second kappa shape index (κ2) is 9.92. The molecule has 2 aromatic rings. The summed E-state index contributed by atoms with van der Waals surface area (Å²) < 4.78 is 0. The molecule has 1 aromatic heterocycles. The molecule has 1 saturated carbocycles.